The van der Waals surface area contributed by atoms with E-state index in [0.29, 0.717) is 13.2 Å². The zero-order valence-electron chi connectivity index (χ0n) is 13.4. The summed E-state index contributed by atoms with van der Waals surface area (Å²) >= 11 is 1.76. The Balaban J connectivity index is 2.00. The highest BCUT2D eigenvalue weighted by Crippen LogP contribution is 2.28. The van der Waals surface area contributed by atoms with Crippen LogP contribution in [0.3, 0.4) is 0 Å². The number of hydrogen-bond donors (Lipinski definition) is 1. The molecule has 1 aromatic rings. The fraction of sp³-hybridized carbons (Fsp3) is 0.688. The van der Waals surface area contributed by atoms with Crippen LogP contribution in [0.4, 0.5) is 0 Å². The van der Waals surface area contributed by atoms with Gasteiger partial charge in [0, 0.05) is 22.8 Å². The third kappa shape index (κ3) is 3.84. The molecule has 3 atom stereocenters. The van der Waals surface area contributed by atoms with Crippen LogP contribution in [-0.2, 0) is 9.53 Å². The average Bonchev–Trinajstić information content (AvgIpc) is 3.11. The van der Waals surface area contributed by atoms with Crippen molar-refractivity contribution in [3.8, 4) is 0 Å². The van der Waals surface area contributed by atoms with Gasteiger partial charge < -0.3 is 15.0 Å². The number of carbonyl (C=O) groups excluding carboxylic acids is 1. The molecule has 5 heteroatoms. The van der Waals surface area contributed by atoms with E-state index in [4.69, 9.17) is 4.74 Å². The summed E-state index contributed by atoms with van der Waals surface area (Å²) in [6.07, 6.45) is 1.07. The van der Waals surface area contributed by atoms with E-state index in [1.807, 2.05) is 11.9 Å². The van der Waals surface area contributed by atoms with Crippen molar-refractivity contribution in [2.45, 2.75) is 39.3 Å². The Morgan fingerprint density at radius 3 is 2.90 bits per heavy atom. The molecule has 1 aliphatic rings. The van der Waals surface area contributed by atoms with E-state index < -0.39 is 0 Å². The van der Waals surface area contributed by atoms with Gasteiger partial charge in [0.1, 0.15) is 0 Å². The lowest BCUT2D eigenvalue weighted by Crippen LogP contribution is -2.45. The Morgan fingerprint density at radius 2 is 2.29 bits per heavy atom. The highest BCUT2D eigenvalue weighted by molar-refractivity contribution is 7.12. The molecule has 0 radical (unpaired) electrons. The molecule has 3 unspecified atom stereocenters. The number of ether oxygens (including phenoxy) is 1. The van der Waals surface area contributed by atoms with Crippen LogP contribution in [0.1, 0.15) is 36.1 Å². The minimum Gasteiger partial charge on any atom is -0.379 e. The second-order valence-electron chi connectivity index (χ2n) is 5.78. The first-order valence-electron chi connectivity index (χ1n) is 7.68. The number of carbonyl (C=O) groups is 1. The van der Waals surface area contributed by atoms with E-state index in [9.17, 15) is 4.79 Å². The third-order valence-corrected chi connectivity index (χ3v) is 5.33. The maximum absolute atomic E-state index is 12.8. The first-order valence-corrected chi connectivity index (χ1v) is 8.50. The monoisotopic (exact) mass is 310 g/mol. The number of hydrogen-bond acceptors (Lipinski definition) is 4. The molecule has 1 aromatic heterocycles. The SMILES string of the molecule is CCCNC1COCC1C(=O)N(C)C(C)c1ccc(C)s1. The zero-order valence-corrected chi connectivity index (χ0v) is 14.2. The van der Waals surface area contributed by atoms with Gasteiger partial charge in [0.25, 0.3) is 0 Å². The summed E-state index contributed by atoms with van der Waals surface area (Å²) in [4.78, 5) is 17.1. The van der Waals surface area contributed by atoms with Crippen LogP contribution >= 0.6 is 11.3 Å². The van der Waals surface area contributed by atoms with Crippen molar-refractivity contribution in [3.63, 3.8) is 0 Å². The number of aryl methyl sites for hydroxylation is 1. The zero-order chi connectivity index (χ0) is 15.4. The maximum atomic E-state index is 12.8. The van der Waals surface area contributed by atoms with Crippen molar-refractivity contribution < 1.29 is 9.53 Å². The molecule has 0 saturated carbocycles. The standard InChI is InChI=1S/C16H26N2O2S/c1-5-8-17-14-10-20-9-13(14)16(19)18(4)12(3)15-7-6-11(2)21-15/h6-7,12-14,17H,5,8-10H2,1-4H3. The Bertz CT molecular complexity index is 475. The number of nitrogens with zero attached hydrogens (tertiary/aromatic N) is 1. The van der Waals surface area contributed by atoms with Gasteiger partial charge in [0.2, 0.25) is 5.91 Å². The predicted molar refractivity (Wildman–Crippen MR) is 86.6 cm³/mol. The topological polar surface area (TPSA) is 41.6 Å². The Hall–Kier alpha value is -0.910. The molecule has 118 valence electrons. The van der Waals surface area contributed by atoms with Crippen molar-refractivity contribution >= 4 is 17.2 Å². The largest absolute Gasteiger partial charge is 0.379 e. The molecule has 1 saturated heterocycles. The van der Waals surface area contributed by atoms with Crippen LogP contribution < -0.4 is 5.32 Å². The average molecular weight is 310 g/mol. The van der Waals surface area contributed by atoms with Crippen LogP contribution in [0.5, 0.6) is 0 Å². The molecule has 0 bridgehead atoms. The lowest BCUT2D eigenvalue weighted by molar-refractivity contribution is -0.136. The third-order valence-electron chi connectivity index (χ3n) is 4.16. The summed E-state index contributed by atoms with van der Waals surface area (Å²) in [7, 11) is 1.90. The molecular formula is C16H26N2O2S. The van der Waals surface area contributed by atoms with Gasteiger partial charge in [-0.1, -0.05) is 6.92 Å². The summed E-state index contributed by atoms with van der Waals surface area (Å²) < 4.78 is 5.52. The van der Waals surface area contributed by atoms with Crippen molar-refractivity contribution in [1.29, 1.82) is 0 Å². The van der Waals surface area contributed by atoms with Gasteiger partial charge in [-0.05, 0) is 38.9 Å². The molecule has 1 aliphatic heterocycles. The highest BCUT2D eigenvalue weighted by atomic mass is 32.1. The molecule has 21 heavy (non-hydrogen) atoms. The van der Waals surface area contributed by atoms with E-state index in [0.717, 1.165) is 13.0 Å². The molecular weight excluding hydrogens is 284 g/mol. The van der Waals surface area contributed by atoms with Gasteiger partial charge >= 0.3 is 0 Å². The van der Waals surface area contributed by atoms with Gasteiger partial charge in [-0.15, -0.1) is 11.3 Å². The molecule has 4 nitrogen and oxygen atoms in total. The fourth-order valence-electron chi connectivity index (χ4n) is 2.65. The van der Waals surface area contributed by atoms with Crippen LogP contribution in [0.2, 0.25) is 0 Å². The molecule has 2 heterocycles. The maximum Gasteiger partial charge on any atom is 0.229 e. The van der Waals surface area contributed by atoms with Gasteiger partial charge in [-0.25, -0.2) is 0 Å². The Labute approximate surface area is 131 Å². The minimum absolute atomic E-state index is 0.0648. The van der Waals surface area contributed by atoms with Crippen LogP contribution in [0.15, 0.2) is 12.1 Å². The first-order chi connectivity index (χ1) is 10.0. The smallest absolute Gasteiger partial charge is 0.229 e. The summed E-state index contributed by atoms with van der Waals surface area (Å²) in [5.74, 6) is 0.115. The number of rotatable bonds is 6. The fourth-order valence-corrected chi connectivity index (χ4v) is 3.62. The number of thiophene rings is 1. The van der Waals surface area contributed by atoms with Crippen LogP contribution in [0, 0.1) is 12.8 Å². The Morgan fingerprint density at radius 1 is 1.52 bits per heavy atom. The Kier molecular flexibility index (Phi) is 5.79. The van der Waals surface area contributed by atoms with E-state index in [2.05, 4.69) is 38.2 Å². The second kappa shape index (κ2) is 7.38. The van der Waals surface area contributed by atoms with Gasteiger partial charge in [0.15, 0.2) is 0 Å². The molecule has 0 spiro atoms. The van der Waals surface area contributed by atoms with Gasteiger partial charge in [0.05, 0.1) is 25.2 Å². The highest BCUT2D eigenvalue weighted by Gasteiger charge is 2.36. The van der Waals surface area contributed by atoms with Gasteiger partial charge in [-0.3, -0.25) is 4.79 Å². The van der Waals surface area contributed by atoms with Crippen molar-refractivity contribution in [2.24, 2.45) is 5.92 Å². The van der Waals surface area contributed by atoms with Crippen molar-refractivity contribution in [2.75, 3.05) is 26.8 Å². The molecule has 1 fully saturated rings. The molecule has 0 aliphatic carbocycles. The van der Waals surface area contributed by atoms with Crippen molar-refractivity contribution in [1.82, 2.24) is 10.2 Å². The van der Waals surface area contributed by atoms with E-state index in [-0.39, 0.29) is 23.9 Å². The number of amides is 1. The predicted octanol–water partition coefficient (Wildman–Crippen LogP) is 2.59. The lowest BCUT2D eigenvalue weighted by Gasteiger charge is -2.29. The first kappa shape index (κ1) is 16.5. The van der Waals surface area contributed by atoms with Crippen LogP contribution in [0.25, 0.3) is 0 Å². The summed E-state index contributed by atoms with van der Waals surface area (Å²) in [6.45, 7) is 8.41. The summed E-state index contributed by atoms with van der Waals surface area (Å²) in [5.41, 5.74) is 0. The summed E-state index contributed by atoms with van der Waals surface area (Å²) in [6, 6.07) is 4.49. The molecule has 0 aromatic carbocycles. The quantitative estimate of drug-likeness (QED) is 0.878. The van der Waals surface area contributed by atoms with Gasteiger partial charge in [-0.2, -0.15) is 0 Å². The normalized spacial score (nSPS) is 23.2. The molecule has 1 amide bonds. The van der Waals surface area contributed by atoms with E-state index in [1.165, 1.54) is 9.75 Å². The second-order valence-corrected chi connectivity index (χ2v) is 7.10. The number of nitrogens with one attached hydrogen (secondary N) is 1. The van der Waals surface area contributed by atoms with Crippen LogP contribution in [-0.4, -0.2) is 43.7 Å². The van der Waals surface area contributed by atoms with Crippen molar-refractivity contribution in [3.05, 3.63) is 21.9 Å². The van der Waals surface area contributed by atoms with E-state index >= 15 is 0 Å². The molecule has 2 rings (SSSR count). The lowest BCUT2D eigenvalue weighted by atomic mass is 10.0. The summed E-state index contributed by atoms with van der Waals surface area (Å²) in [5, 5.41) is 3.43. The minimum atomic E-state index is -0.0648. The van der Waals surface area contributed by atoms with E-state index in [1.54, 1.807) is 11.3 Å². The molecule has 1 N–H and O–H groups in total.